The van der Waals surface area contributed by atoms with E-state index in [0.29, 0.717) is 17.4 Å². The fourth-order valence-corrected chi connectivity index (χ4v) is 2.94. The van der Waals surface area contributed by atoms with Gasteiger partial charge in [-0.3, -0.25) is 14.6 Å². The van der Waals surface area contributed by atoms with E-state index in [-0.39, 0.29) is 18.1 Å². The van der Waals surface area contributed by atoms with Crippen LogP contribution in [0.15, 0.2) is 29.3 Å². The van der Waals surface area contributed by atoms with Crippen molar-refractivity contribution in [1.82, 2.24) is 5.32 Å². The van der Waals surface area contributed by atoms with Gasteiger partial charge in [-0.15, -0.1) is 13.2 Å². The molecule has 1 fully saturated rings. The second kappa shape index (κ2) is 8.24. The van der Waals surface area contributed by atoms with Gasteiger partial charge in [0.1, 0.15) is 11.0 Å². The number of alkyl halides is 3. The lowest BCUT2D eigenvalue weighted by Gasteiger charge is -2.10. The molecule has 1 aromatic carbocycles. The van der Waals surface area contributed by atoms with Crippen LogP contribution in [0.5, 0.6) is 5.75 Å². The Morgan fingerprint density at radius 1 is 1.36 bits per heavy atom. The summed E-state index contributed by atoms with van der Waals surface area (Å²) >= 11 is 1.19. The molecule has 2 N–H and O–H groups in total. The van der Waals surface area contributed by atoms with Crippen molar-refractivity contribution >= 4 is 34.4 Å². The third-order valence-corrected chi connectivity index (χ3v) is 4.12. The first kappa shape index (κ1) is 19.1. The van der Waals surface area contributed by atoms with E-state index in [4.69, 9.17) is 0 Å². The summed E-state index contributed by atoms with van der Waals surface area (Å²) < 4.78 is 40.0. The average molecular weight is 375 g/mol. The molecule has 2 amide bonds. The summed E-state index contributed by atoms with van der Waals surface area (Å²) in [4.78, 5) is 28.0. The molecule has 1 aliphatic heterocycles. The van der Waals surface area contributed by atoms with E-state index >= 15 is 0 Å². The van der Waals surface area contributed by atoms with Crippen LogP contribution in [0, 0.1) is 0 Å². The Bertz CT molecular complexity index is 662. The van der Waals surface area contributed by atoms with Crippen LogP contribution in [0.4, 0.5) is 18.9 Å². The molecule has 136 valence electrons. The molecule has 2 rings (SSSR count). The molecule has 1 heterocycles. The number of anilines is 1. The molecule has 1 aromatic rings. The first-order valence-corrected chi connectivity index (χ1v) is 8.32. The Morgan fingerprint density at radius 2 is 2.04 bits per heavy atom. The van der Waals surface area contributed by atoms with Gasteiger partial charge in [0.15, 0.2) is 5.17 Å². The zero-order chi connectivity index (χ0) is 18.4. The number of hydrogen-bond acceptors (Lipinski definition) is 5. The summed E-state index contributed by atoms with van der Waals surface area (Å²) in [7, 11) is 0. The molecule has 0 spiro atoms. The highest BCUT2D eigenvalue weighted by molar-refractivity contribution is 8.15. The first-order chi connectivity index (χ1) is 11.8. The SMILES string of the molecule is CCCN=C1NC(=O)[C@H](CC(=O)Nc2ccc(OC(F)(F)F)cc2)S1. The van der Waals surface area contributed by atoms with Gasteiger partial charge in [0.2, 0.25) is 11.8 Å². The summed E-state index contributed by atoms with van der Waals surface area (Å²) in [6.07, 6.45) is -3.99. The molecular formula is C15H16F3N3O3S. The molecule has 25 heavy (non-hydrogen) atoms. The van der Waals surface area contributed by atoms with E-state index in [2.05, 4.69) is 20.4 Å². The summed E-state index contributed by atoms with van der Waals surface area (Å²) in [5.74, 6) is -1.09. The van der Waals surface area contributed by atoms with Gasteiger partial charge in [-0.25, -0.2) is 0 Å². The third kappa shape index (κ3) is 6.29. The van der Waals surface area contributed by atoms with Gasteiger partial charge in [0, 0.05) is 18.7 Å². The van der Waals surface area contributed by atoms with Crippen molar-refractivity contribution in [3.05, 3.63) is 24.3 Å². The Morgan fingerprint density at radius 3 is 2.64 bits per heavy atom. The monoisotopic (exact) mass is 375 g/mol. The number of nitrogens with zero attached hydrogens (tertiary/aromatic N) is 1. The average Bonchev–Trinajstić information content (AvgIpc) is 2.85. The molecule has 1 aliphatic rings. The molecule has 10 heteroatoms. The highest BCUT2D eigenvalue weighted by Gasteiger charge is 2.32. The van der Waals surface area contributed by atoms with Gasteiger partial charge < -0.3 is 15.4 Å². The number of carbonyl (C=O) groups excluding carboxylic acids is 2. The zero-order valence-corrected chi connectivity index (χ0v) is 14.0. The van der Waals surface area contributed by atoms with E-state index in [1.807, 2.05) is 6.92 Å². The number of carbonyl (C=O) groups is 2. The van der Waals surface area contributed by atoms with Crippen molar-refractivity contribution in [2.24, 2.45) is 4.99 Å². The van der Waals surface area contributed by atoms with Gasteiger partial charge >= 0.3 is 6.36 Å². The van der Waals surface area contributed by atoms with Crippen LogP contribution in [0.2, 0.25) is 0 Å². The minimum absolute atomic E-state index is 0.0670. The second-order valence-corrected chi connectivity index (χ2v) is 6.30. The van der Waals surface area contributed by atoms with Crippen molar-refractivity contribution < 1.29 is 27.5 Å². The quantitative estimate of drug-likeness (QED) is 0.801. The van der Waals surface area contributed by atoms with E-state index in [9.17, 15) is 22.8 Å². The fraction of sp³-hybridized carbons (Fsp3) is 0.400. The summed E-state index contributed by atoms with van der Waals surface area (Å²) in [5.41, 5.74) is 0.308. The molecular weight excluding hydrogens is 359 g/mol. The Hall–Kier alpha value is -2.23. The molecule has 1 saturated heterocycles. The van der Waals surface area contributed by atoms with E-state index in [1.165, 1.54) is 23.9 Å². The van der Waals surface area contributed by atoms with Crippen LogP contribution in [-0.2, 0) is 9.59 Å². The number of halogens is 3. The number of amides is 2. The fourth-order valence-electron chi connectivity index (χ4n) is 1.95. The lowest BCUT2D eigenvalue weighted by atomic mass is 10.2. The van der Waals surface area contributed by atoms with Crippen LogP contribution in [0.1, 0.15) is 19.8 Å². The number of amidine groups is 1. The Balaban J connectivity index is 1.87. The molecule has 1 atom stereocenters. The second-order valence-electron chi connectivity index (χ2n) is 5.11. The highest BCUT2D eigenvalue weighted by Crippen LogP contribution is 2.25. The largest absolute Gasteiger partial charge is 0.573 e. The maximum absolute atomic E-state index is 12.1. The standard InChI is InChI=1S/C15H16F3N3O3S/c1-2-7-19-14-21-13(23)11(25-14)8-12(22)20-9-3-5-10(6-4-9)24-15(16,17)18/h3-6,11H,2,7-8H2,1H3,(H,20,22)(H,19,21,23)/t11-/m0/s1. The lowest BCUT2D eigenvalue weighted by Crippen LogP contribution is -2.28. The minimum Gasteiger partial charge on any atom is -0.406 e. The van der Waals surface area contributed by atoms with E-state index in [0.717, 1.165) is 18.6 Å². The predicted molar refractivity (Wildman–Crippen MR) is 88.5 cm³/mol. The van der Waals surface area contributed by atoms with Gasteiger partial charge in [-0.1, -0.05) is 18.7 Å². The number of ether oxygens (including phenoxy) is 1. The van der Waals surface area contributed by atoms with E-state index < -0.39 is 17.5 Å². The van der Waals surface area contributed by atoms with Crippen LogP contribution >= 0.6 is 11.8 Å². The van der Waals surface area contributed by atoms with Crippen LogP contribution in [0.25, 0.3) is 0 Å². The molecule has 0 bridgehead atoms. The molecule has 0 unspecified atom stereocenters. The van der Waals surface area contributed by atoms with E-state index in [1.54, 1.807) is 0 Å². The highest BCUT2D eigenvalue weighted by atomic mass is 32.2. The first-order valence-electron chi connectivity index (χ1n) is 7.44. The Kier molecular flexibility index (Phi) is 6.29. The third-order valence-electron chi connectivity index (χ3n) is 3.00. The number of aliphatic imine (C=N–C) groups is 1. The minimum atomic E-state index is -4.77. The molecule has 0 saturated carbocycles. The zero-order valence-electron chi connectivity index (χ0n) is 13.2. The summed E-state index contributed by atoms with van der Waals surface area (Å²) in [6, 6.07) is 4.76. The van der Waals surface area contributed by atoms with Crippen LogP contribution in [0.3, 0.4) is 0 Å². The number of rotatable bonds is 6. The topological polar surface area (TPSA) is 79.8 Å². The van der Waals surface area contributed by atoms with Crippen molar-refractivity contribution in [2.75, 3.05) is 11.9 Å². The van der Waals surface area contributed by atoms with Crippen LogP contribution in [-0.4, -0.2) is 35.1 Å². The summed E-state index contributed by atoms with van der Waals surface area (Å²) in [6.45, 7) is 2.55. The smallest absolute Gasteiger partial charge is 0.406 e. The van der Waals surface area contributed by atoms with Crippen molar-refractivity contribution in [3.63, 3.8) is 0 Å². The molecule has 6 nitrogen and oxygen atoms in total. The van der Waals surface area contributed by atoms with Gasteiger partial charge in [-0.2, -0.15) is 0 Å². The number of thioether (sulfide) groups is 1. The maximum Gasteiger partial charge on any atom is 0.573 e. The lowest BCUT2D eigenvalue weighted by molar-refractivity contribution is -0.274. The van der Waals surface area contributed by atoms with Crippen LogP contribution < -0.4 is 15.4 Å². The van der Waals surface area contributed by atoms with Gasteiger partial charge in [-0.05, 0) is 30.7 Å². The van der Waals surface area contributed by atoms with Crippen molar-refractivity contribution in [1.29, 1.82) is 0 Å². The number of benzene rings is 1. The Labute approximate surface area is 146 Å². The van der Waals surface area contributed by atoms with Crippen molar-refractivity contribution in [3.8, 4) is 5.75 Å². The predicted octanol–water partition coefficient (Wildman–Crippen LogP) is 2.91. The van der Waals surface area contributed by atoms with Gasteiger partial charge in [0.05, 0.1) is 0 Å². The summed E-state index contributed by atoms with van der Waals surface area (Å²) in [5, 5.41) is 5.05. The van der Waals surface area contributed by atoms with Gasteiger partial charge in [0.25, 0.3) is 0 Å². The maximum atomic E-state index is 12.1. The number of hydrogen-bond donors (Lipinski definition) is 2. The molecule has 0 aromatic heterocycles. The normalized spacial score (nSPS) is 19.0. The van der Waals surface area contributed by atoms with Crippen molar-refractivity contribution in [2.45, 2.75) is 31.4 Å². The molecule has 0 radical (unpaired) electrons. The molecule has 0 aliphatic carbocycles. The number of nitrogens with one attached hydrogen (secondary N) is 2.